The molecule has 0 spiro atoms. The van der Waals surface area contributed by atoms with E-state index in [1.54, 1.807) is 18.5 Å². The highest BCUT2D eigenvalue weighted by molar-refractivity contribution is 5.74. The van der Waals surface area contributed by atoms with Gasteiger partial charge in [-0.1, -0.05) is 18.2 Å². The molecule has 2 saturated heterocycles. The first kappa shape index (κ1) is 27.7. The fourth-order valence-corrected chi connectivity index (χ4v) is 5.49. The molecule has 0 radical (unpaired) electrons. The summed E-state index contributed by atoms with van der Waals surface area (Å²) in [5, 5.41) is 6.59. The van der Waals surface area contributed by atoms with Crippen molar-refractivity contribution in [1.82, 2.24) is 30.2 Å². The maximum absolute atomic E-state index is 12.8. The third kappa shape index (κ3) is 7.06. The number of rotatable bonds is 8. The number of pyridine rings is 1. The summed E-state index contributed by atoms with van der Waals surface area (Å²) in [7, 11) is 0. The Bertz CT molecular complexity index is 1510. The summed E-state index contributed by atoms with van der Waals surface area (Å²) in [6, 6.07) is 17.9. The summed E-state index contributed by atoms with van der Waals surface area (Å²) in [6.45, 7) is 5.42. The first-order valence-corrected chi connectivity index (χ1v) is 14.7. The van der Waals surface area contributed by atoms with Crippen molar-refractivity contribution in [1.29, 1.82) is 0 Å². The van der Waals surface area contributed by atoms with Gasteiger partial charge in [-0.05, 0) is 87.7 Å². The number of hydrogen-bond donors (Lipinski definition) is 2. The molecule has 4 aromatic rings. The van der Waals surface area contributed by atoms with Crippen molar-refractivity contribution >= 4 is 23.3 Å². The summed E-state index contributed by atoms with van der Waals surface area (Å²) < 4.78 is 5.84. The fourth-order valence-electron chi connectivity index (χ4n) is 5.49. The second-order valence-corrected chi connectivity index (χ2v) is 10.9. The monoisotopic (exact) mass is 564 g/mol. The fraction of sp³-hybridized carbons (Fsp3) is 0.375. The highest BCUT2D eigenvalue weighted by atomic mass is 16.5. The van der Waals surface area contributed by atoms with Crippen LogP contribution in [-0.2, 0) is 16.0 Å². The predicted molar refractivity (Wildman–Crippen MR) is 161 cm³/mol. The number of piperidine rings is 2. The largest absolute Gasteiger partial charge is 0.462 e. The van der Waals surface area contributed by atoms with Crippen LogP contribution in [0, 0.1) is 12.8 Å². The number of aromatic nitrogens is 5. The van der Waals surface area contributed by atoms with E-state index in [0.29, 0.717) is 36.3 Å². The minimum absolute atomic E-state index is 0.0427. The van der Waals surface area contributed by atoms with Gasteiger partial charge in [0.2, 0.25) is 0 Å². The van der Waals surface area contributed by atoms with E-state index in [2.05, 4.69) is 59.7 Å². The van der Waals surface area contributed by atoms with Gasteiger partial charge in [0.05, 0.1) is 5.92 Å². The molecular weight excluding hydrogens is 528 g/mol. The van der Waals surface area contributed by atoms with Crippen molar-refractivity contribution < 1.29 is 9.53 Å². The van der Waals surface area contributed by atoms with E-state index in [0.717, 1.165) is 68.0 Å². The average Bonchev–Trinajstić information content (AvgIpc) is 3.02. The highest BCUT2D eigenvalue weighted by Crippen LogP contribution is 2.26. The van der Waals surface area contributed by atoms with E-state index >= 15 is 0 Å². The molecule has 0 saturated carbocycles. The number of aryl methyl sites for hydroxylation is 1. The lowest BCUT2D eigenvalue weighted by Gasteiger charge is -2.34. The number of esters is 1. The van der Waals surface area contributed by atoms with Gasteiger partial charge in [-0.3, -0.25) is 4.79 Å². The molecule has 5 heterocycles. The number of hydrogen-bond acceptors (Lipinski definition) is 10. The minimum Gasteiger partial charge on any atom is -0.462 e. The van der Waals surface area contributed by atoms with Crippen LogP contribution in [-0.4, -0.2) is 63.2 Å². The van der Waals surface area contributed by atoms with E-state index in [1.807, 2.05) is 31.2 Å². The maximum Gasteiger partial charge on any atom is 0.311 e. The summed E-state index contributed by atoms with van der Waals surface area (Å²) in [5.41, 5.74) is 3.88. The summed E-state index contributed by atoms with van der Waals surface area (Å²) in [4.78, 5) is 37.8. The maximum atomic E-state index is 12.8. The van der Waals surface area contributed by atoms with E-state index in [1.165, 1.54) is 0 Å². The summed E-state index contributed by atoms with van der Waals surface area (Å²) in [6.07, 6.45) is 7.79. The molecule has 2 N–H and O–H groups in total. The lowest BCUT2D eigenvalue weighted by atomic mass is 9.97. The Morgan fingerprint density at radius 1 is 0.952 bits per heavy atom. The highest BCUT2D eigenvalue weighted by Gasteiger charge is 2.29. The number of nitrogens with zero attached hydrogens (tertiary/aromatic N) is 6. The van der Waals surface area contributed by atoms with Gasteiger partial charge in [-0.25, -0.2) is 24.9 Å². The molecule has 0 aliphatic carbocycles. The molecule has 2 aliphatic heterocycles. The Kier molecular flexibility index (Phi) is 8.60. The van der Waals surface area contributed by atoms with Crippen molar-refractivity contribution in [3.63, 3.8) is 0 Å². The van der Waals surface area contributed by atoms with Crippen molar-refractivity contribution in [2.75, 3.05) is 36.4 Å². The van der Waals surface area contributed by atoms with Gasteiger partial charge in [-0.2, -0.15) is 0 Å². The van der Waals surface area contributed by atoms with Gasteiger partial charge in [-0.15, -0.1) is 0 Å². The van der Waals surface area contributed by atoms with Crippen molar-refractivity contribution in [2.45, 2.75) is 45.1 Å². The van der Waals surface area contributed by atoms with E-state index < -0.39 is 0 Å². The molecule has 216 valence electrons. The van der Waals surface area contributed by atoms with Crippen LogP contribution in [0.3, 0.4) is 0 Å². The zero-order valence-corrected chi connectivity index (χ0v) is 23.9. The third-order valence-electron chi connectivity index (χ3n) is 7.72. The number of anilines is 3. The second-order valence-electron chi connectivity index (χ2n) is 10.9. The number of ether oxygens (including phenoxy) is 1. The predicted octanol–water partition coefficient (Wildman–Crippen LogP) is 4.48. The first-order valence-electron chi connectivity index (χ1n) is 14.7. The SMILES string of the molecule is Cc1cccc(-c2nccc(Nc3ccnc(Cc4ccc(N5CCCC(C(=O)OC6CCNCC6)C5)cc4)n3)n2)n1. The third-order valence-corrected chi connectivity index (χ3v) is 7.72. The van der Waals surface area contributed by atoms with Crippen LogP contribution >= 0.6 is 0 Å². The summed E-state index contributed by atoms with van der Waals surface area (Å²) >= 11 is 0. The number of nitrogens with one attached hydrogen (secondary N) is 2. The van der Waals surface area contributed by atoms with Gasteiger partial charge in [0.15, 0.2) is 5.82 Å². The normalized spacial score (nSPS) is 17.5. The second kappa shape index (κ2) is 13.0. The smallest absolute Gasteiger partial charge is 0.311 e. The lowest BCUT2D eigenvalue weighted by Crippen LogP contribution is -2.41. The lowest BCUT2D eigenvalue weighted by molar-refractivity contribution is -0.155. The number of carbonyl (C=O) groups is 1. The summed E-state index contributed by atoms with van der Waals surface area (Å²) in [5.74, 6) is 2.44. The van der Waals surface area contributed by atoms with Crippen LogP contribution in [0.1, 0.15) is 42.8 Å². The molecule has 1 atom stereocenters. The van der Waals surface area contributed by atoms with Crippen LogP contribution in [0.4, 0.5) is 17.3 Å². The van der Waals surface area contributed by atoms with Crippen LogP contribution in [0.2, 0.25) is 0 Å². The molecule has 10 nitrogen and oxygen atoms in total. The van der Waals surface area contributed by atoms with Gasteiger partial charge in [0.1, 0.15) is 29.3 Å². The minimum atomic E-state index is -0.0732. The van der Waals surface area contributed by atoms with Gasteiger partial charge >= 0.3 is 5.97 Å². The van der Waals surface area contributed by atoms with Crippen molar-refractivity contribution in [2.24, 2.45) is 5.92 Å². The van der Waals surface area contributed by atoms with Gasteiger partial charge in [0.25, 0.3) is 0 Å². The Labute approximate surface area is 246 Å². The van der Waals surface area contributed by atoms with Crippen LogP contribution in [0.25, 0.3) is 11.5 Å². The Balaban J connectivity index is 1.06. The van der Waals surface area contributed by atoms with E-state index in [4.69, 9.17) is 9.72 Å². The molecule has 10 heteroatoms. The Hall–Kier alpha value is -4.44. The topological polar surface area (TPSA) is 118 Å². The van der Waals surface area contributed by atoms with Crippen LogP contribution in [0.15, 0.2) is 67.0 Å². The standard InChI is InChI=1S/C32H36N8O2/c1-22-4-2-6-27(36-22)31-35-18-14-29(39-31)37-28-13-17-34-30(38-28)20-23-7-9-25(10-8-23)40-19-3-5-24(21-40)32(41)42-26-11-15-33-16-12-26/h2,4,6-10,13-14,17-18,24,26,33H,3,5,11-12,15-16,19-21H2,1H3,(H,34,35,37,38,39). The molecule has 3 aromatic heterocycles. The zero-order chi connectivity index (χ0) is 28.7. The molecule has 1 aromatic carbocycles. The molecule has 1 unspecified atom stereocenters. The molecule has 0 amide bonds. The molecule has 0 bridgehead atoms. The van der Waals surface area contributed by atoms with Gasteiger partial charge in [0, 0.05) is 43.3 Å². The van der Waals surface area contributed by atoms with E-state index in [-0.39, 0.29) is 18.0 Å². The van der Waals surface area contributed by atoms with Crippen molar-refractivity contribution in [3.05, 3.63) is 84.1 Å². The van der Waals surface area contributed by atoms with Gasteiger partial charge < -0.3 is 20.3 Å². The van der Waals surface area contributed by atoms with E-state index in [9.17, 15) is 4.79 Å². The number of carbonyl (C=O) groups excluding carboxylic acids is 1. The molecular formula is C32H36N8O2. The van der Waals surface area contributed by atoms with Crippen LogP contribution in [0.5, 0.6) is 0 Å². The average molecular weight is 565 g/mol. The van der Waals surface area contributed by atoms with Crippen LogP contribution < -0.4 is 15.5 Å². The molecule has 2 aliphatic rings. The Morgan fingerprint density at radius 2 is 1.74 bits per heavy atom. The molecule has 42 heavy (non-hydrogen) atoms. The number of benzene rings is 1. The first-order chi connectivity index (χ1) is 20.6. The molecule has 6 rings (SSSR count). The zero-order valence-electron chi connectivity index (χ0n) is 23.9. The Morgan fingerprint density at radius 3 is 2.55 bits per heavy atom. The quantitative estimate of drug-likeness (QED) is 0.297. The molecule has 2 fully saturated rings. The van der Waals surface area contributed by atoms with Crippen molar-refractivity contribution in [3.8, 4) is 11.5 Å².